The van der Waals surface area contributed by atoms with Crippen molar-refractivity contribution in [2.75, 3.05) is 13.2 Å². The molecular weight excluding hydrogens is 447 g/mol. The Morgan fingerprint density at radius 1 is 1.14 bits per heavy atom. The predicted molar refractivity (Wildman–Crippen MR) is 109 cm³/mol. The Morgan fingerprint density at radius 3 is 2.52 bits per heavy atom. The zero-order valence-corrected chi connectivity index (χ0v) is 17.8. The van der Waals surface area contributed by atoms with Crippen molar-refractivity contribution >= 4 is 21.9 Å². The Hall–Kier alpha value is -2.16. The molecule has 0 heterocycles. The van der Waals surface area contributed by atoms with Gasteiger partial charge in [0.1, 0.15) is 25.1 Å². The van der Waals surface area contributed by atoms with E-state index in [-0.39, 0.29) is 31.5 Å². The third-order valence-corrected chi connectivity index (χ3v) is 4.29. The van der Waals surface area contributed by atoms with E-state index in [0.29, 0.717) is 10.2 Å². The molecule has 8 heteroatoms. The summed E-state index contributed by atoms with van der Waals surface area (Å²) in [7, 11) is 0. The van der Waals surface area contributed by atoms with Crippen molar-refractivity contribution < 1.29 is 33.6 Å². The molecule has 2 atom stereocenters. The number of carboxylic acids is 1. The summed E-state index contributed by atoms with van der Waals surface area (Å²) in [6.45, 7) is 3.35. The topological polar surface area (TPSA) is 85.2 Å². The number of benzene rings is 2. The van der Waals surface area contributed by atoms with Crippen molar-refractivity contribution in [3.8, 4) is 11.5 Å². The molecule has 0 aromatic heterocycles. The van der Waals surface area contributed by atoms with Gasteiger partial charge in [-0.2, -0.15) is 0 Å². The Labute approximate surface area is 177 Å². The molecule has 0 saturated heterocycles. The maximum atomic E-state index is 13.7. The highest BCUT2D eigenvalue weighted by molar-refractivity contribution is 9.10. The maximum absolute atomic E-state index is 13.7. The largest absolute Gasteiger partial charge is 0.491 e. The summed E-state index contributed by atoms with van der Waals surface area (Å²) >= 11 is 3.16. The fourth-order valence-electron chi connectivity index (χ4n) is 2.52. The fourth-order valence-corrected chi connectivity index (χ4v) is 2.85. The van der Waals surface area contributed by atoms with E-state index >= 15 is 0 Å². The number of hydrogen-bond acceptors (Lipinski definition) is 5. The molecule has 0 amide bonds. The lowest BCUT2D eigenvalue weighted by Gasteiger charge is -2.17. The predicted octanol–water partition coefficient (Wildman–Crippen LogP) is 3.83. The SMILES string of the molecule is CC(C)OC(Cc1cccc(OCC(O)COc2ccc(Br)cc2F)c1)C(=O)O. The Balaban J connectivity index is 1.87. The van der Waals surface area contributed by atoms with Crippen LogP contribution in [0.2, 0.25) is 0 Å². The summed E-state index contributed by atoms with van der Waals surface area (Å²) in [5, 5.41) is 19.3. The molecule has 0 radical (unpaired) electrons. The molecule has 0 fully saturated rings. The molecule has 0 aliphatic rings. The first-order chi connectivity index (χ1) is 13.7. The lowest BCUT2D eigenvalue weighted by Crippen LogP contribution is -2.29. The molecule has 0 saturated carbocycles. The average Bonchev–Trinajstić information content (AvgIpc) is 2.65. The van der Waals surface area contributed by atoms with Gasteiger partial charge in [0.15, 0.2) is 17.7 Å². The van der Waals surface area contributed by atoms with Gasteiger partial charge in [-0.15, -0.1) is 0 Å². The van der Waals surface area contributed by atoms with Crippen LogP contribution < -0.4 is 9.47 Å². The molecule has 2 rings (SSSR count). The third-order valence-electron chi connectivity index (χ3n) is 3.80. The molecule has 2 unspecified atom stereocenters. The minimum absolute atomic E-state index is 0.0408. The van der Waals surface area contributed by atoms with E-state index in [2.05, 4.69) is 15.9 Å². The molecule has 158 valence electrons. The van der Waals surface area contributed by atoms with Gasteiger partial charge >= 0.3 is 5.97 Å². The van der Waals surface area contributed by atoms with Gasteiger partial charge in [-0.25, -0.2) is 9.18 Å². The number of halogens is 2. The van der Waals surface area contributed by atoms with Gasteiger partial charge in [0, 0.05) is 10.9 Å². The van der Waals surface area contributed by atoms with Crippen molar-refractivity contribution in [3.63, 3.8) is 0 Å². The van der Waals surface area contributed by atoms with Crippen LogP contribution in [0.3, 0.4) is 0 Å². The quantitative estimate of drug-likeness (QED) is 0.519. The van der Waals surface area contributed by atoms with Gasteiger partial charge in [0.2, 0.25) is 0 Å². The number of hydrogen-bond donors (Lipinski definition) is 2. The summed E-state index contributed by atoms with van der Waals surface area (Å²) in [6, 6.07) is 11.3. The number of aliphatic carboxylic acids is 1. The number of carboxylic acid groups (broad SMARTS) is 1. The van der Waals surface area contributed by atoms with Crippen LogP contribution in [0.25, 0.3) is 0 Å². The Kier molecular flexibility index (Phi) is 8.88. The van der Waals surface area contributed by atoms with Crippen LogP contribution >= 0.6 is 15.9 Å². The summed E-state index contributed by atoms with van der Waals surface area (Å²) in [4.78, 5) is 11.3. The second kappa shape index (κ2) is 11.1. The molecule has 0 spiro atoms. The lowest BCUT2D eigenvalue weighted by molar-refractivity contribution is -0.153. The highest BCUT2D eigenvalue weighted by Crippen LogP contribution is 2.22. The van der Waals surface area contributed by atoms with Crippen LogP contribution in [0.1, 0.15) is 19.4 Å². The van der Waals surface area contributed by atoms with Crippen molar-refractivity contribution in [1.29, 1.82) is 0 Å². The van der Waals surface area contributed by atoms with E-state index in [0.717, 1.165) is 5.56 Å². The Bertz CT molecular complexity index is 814. The molecule has 0 bridgehead atoms. The first-order valence-corrected chi connectivity index (χ1v) is 9.89. The van der Waals surface area contributed by atoms with Gasteiger partial charge in [-0.3, -0.25) is 0 Å². The third kappa shape index (κ3) is 8.00. The van der Waals surface area contributed by atoms with Crippen LogP contribution in [-0.4, -0.2) is 47.7 Å². The van der Waals surface area contributed by atoms with Crippen molar-refractivity contribution in [1.82, 2.24) is 0 Å². The van der Waals surface area contributed by atoms with Gasteiger partial charge in [-0.05, 0) is 49.7 Å². The maximum Gasteiger partial charge on any atom is 0.333 e. The molecule has 2 N–H and O–H groups in total. The van der Waals surface area contributed by atoms with Crippen molar-refractivity contribution in [2.24, 2.45) is 0 Å². The number of aliphatic hydroxyl groups is 1. The van der Waals surface area contributed by atoms with Crippen LogP contribution in [0.15, 0.2) is 46.9 Å². The minimum Gasteiger partial charge on any atom is -0.491 e. The lowest BCUT2D eigenvalue weighted by atomic mass is 10.1. The number of ether oxygens (including phenoxy) is 3. The highest BCUT2D eigenvalue weighted by Gasteiger charge is 2.20. The van der Waals surface area contributed by atoms with Gasteiger partial charge in [-0.1, -0.05) is 28.1 Å². The molecule has 29 heavy (non-hydrogen) atoms. The summed E-state index contributed by atoms with van der Waals surface area (Å²) in [6.07, 6.45) is -1.94. The van der Waals surface area contributed by atoms with Crippen LogP contribution in [0.5, 0.6) is 11.5 Å². The van der Waals surface area contributed by atoms with Gasteiger partial charge < -0.3 is 24.4 Å². The van der Waals surface area contributed by atoms with E-state index in [1.54, 1.807) is 44.2 Å². The average molecular weight is 471 g/mol. The molecule has 0 aliphatic heterocycles. The monoisotopic (exact) mass is 470 g/mol. The second-order valence-electron chi connectivity index (χ2n) is 6.71. The normalized spacial score (nSPS) is 13.2. The zero-order valence-electron chi connectivity index (χ0n) is 16.2. The molecule has 2 aromatic rings. The Morgan fingerprint density at radius 2 is 1.86 bits per heavy atom. The summed E-state index contributed by atoms with van der Waals surface area (Å²) in [5.74, 6) is -1.04. The minimum atomic E-state index is -1.03. The van der Waals surface area contributed by atoms with Crippen LogP contribution in [0, 0.1) is 5.82 Å². The molecular formula is C21H24BrFO6. The van der Waals surface area contributed by atoms with E-state index in [1.165, 1.54) is 12.1 Å². The van der Waals surface area contributed by atoms with Crippen LogP contribution in [0.4, 0.5) is 4.39 Å². The molecule has 2 aromatic carbocycles. The smallest absolute Gasteiger partial charge is 0.333 e. The summed E-state index contributed by atoms with van der Waals surface area (Å²) < 4.78 is 30.5. The highest BCUT2D eigenvalue weighted by atomic mass is 79.9. The van der Waals surface area contributed by atoms with E-state index in [9.17, 15) is 19.4 Å². The number of carbonyl (C=O) groups is 1. The standard InChI is InChI=1S/C21H24BrFO6/c1-13(2)29-20(21(25)26)9-14-4-3-5-17(8-14)27-11-16(24)12-28-19-7-6-15(22)10-18(19)23/h3-8,10,13,16,20,24H,9,11-12H2,1-2H3,(H,25,26). The van der Waals surface area contributed by atoms with E-state index in [1.807, 2.05) is 0 Å². The second-order valence-corrected chi connectivity index (χ2v) is 7.63. The number of aliphatic hydroxyl groups excluding tert-OH is 1. The van der Waals surface area contributed by atoms with E-state index < -0.39 is 24.0 Å². The number of rotatable bonds is 11. The summed E-state index contributed by atoms with van der Waals surface area (Å²) in [5.41, 5.74) is 0.734. The molecule has 0 aliphatic carbocycles. The molecule has 6 nitrogen and oxygen atoms in total. The first kappa shape index (κ1) is 23.1. The van der Waals surface area contributed by atoms with Gasteiger partial charge in [0.05, 0.1) is 6.10 Å². The first-order valence-electron chi connectivity index (χ1n) is 9.10. The zero-order chi connectivity index (χ0) is 21.4. The van der Waals surface area contributed by atoms with Gasteiger partial charge in [0.25, 0.3) is 0 Å². The van der Waals surface area contributed by atoms with E-state index in [4.69, 9.17) is 14.2 Å². The van der Waals surface area contributed by atoms with Crippen molar-refractivity contribution in [3.05, 3.63) is 58.3 Å². The van der Waals surface area contributed by atoms with Crippen LogP contribution in [-0.2, 0) is 16.0 Å². The van der Waals surface area contributed by atoms with Crippen molar-refractivity contribution in [2.45, 2.75) is 38.6 Å². The fraction of sp³-hybridized carbons (Fsp3) is 0.381.